The number of aliphatic carboxylic acids is 1. The zero-order valence-corrected chi connectivity index (χ0v) is 9.47. The molecule has 3 nitrogen and oxygen atoms in total. The van der Waals surface area contributed by atoms with Crippen LogP contribution in [0.15, 0.2) is 30.3 Å². The standard InChI is InChI=1S/C13H17NO2/c1-10(11-6-3-2-4-7-11)14-9-5-8-12(14)13(15)16/h2-4,6-7,10,12H,5,8-9H2,1H3,(H,15,16)/t10-,12+/m1/s1. The van der Waals surface area contributed by atoms with Crippen LogP contribution >= 0.6 is 0 Å². The maximum absolute atomic E-state index is 11.1. The van der Waals surface area contributed by atoms with Crippen molar-refractivity contribution in [3.05, 3.63) is 35.9 Å². The Kier molecular flexibility index (Phi) is 3.25. The number of carbonyl (C=O) groups is 1. The van der Waals surface area contributed by atoms with E-state index in [1.54, 1.807) is 0 Å². The molecule has 0 bridgehead atoms. The van der Waals surface area contributed by atoms with Crippen molar-refractivity contribution < 1.29 is 9.90 Å². The molecule has 2 rings (SSSR count). The van der Waals surface area contributed by atoms with Crippen LogP contribution in [0.4, 0.5) is 0 Å². The maximum atomic E-state index is 11.1. The Morgan fingerprint density at radius 1 is 1.44 bits per heavy atom. The molecular formula is C13H17NO2. The van der Waals surface area contributed by atoms with Gasteiger partial charge in [0.15, 0.2) is 0 Å². The molecule has 3 heteroatoms. The van der Waals surface area contributed by atoms with Gasteiger partial charge in [-0.15, -0.1) is 0 Å². The Hall–Kier alpha value is -1.35. The Bertz CT molecular complexity index is 363. The van der Waals surface area contributed by atoms with E-state index in [-0.39, 0.29) is 12.1 Å². The lowest BCUT2D eigenvalue weighted by atomic mass is 10.1. The second-order valence-corrected chi connectivity index (χ2v) is 4.32. The van der Waals surface area contributed by atoms with E-state index in [1.165, 1.54) is 5.56 Å². The van der Waals surface area contributed by atoms with Crippen LogP contribution in [0, 0.1) is 0 Å². The second kappa shape index (κ2) is 4.66. The van der Waals surface area contributed by atoms with Crippen molar-refractivity contribution >= 4 is 5.97 Å². The molecule has 0 amide bonds. The first-order valence-corrected chi connectivity index (χ1v) is 5.73. The number of nitrogens with zero attached hydrogens (tertiary/aromatic N) is 1. The van der Waals surface area contributed by atoms with Crippen molar-refractivity contribution in [1.29, 1.82) is 0 Å². The molecule has 1 N–H and O–H groups in total. The summed E-state index contributed by atoms with van der Waals surface area (Å²) in [5, 5.41) is 9.14. The molecule has 0 radical (unpaired) electrons. The largest absolute Gasteiger partial charge is 0.480 e. The van der Waals surface area contributed by atoms with Crippen LogP contribution in [-0.4, -0.2) is 28.6 Å². The van der Waals surface area contributed by atoms with Crippen LogP contribution in [0.5, 0.6) is 0 Å². The molecule has 1 aromatic carbocycles. The zero-order chi connectivity index (χ0) is 11.5. The molecule has 1 fully saturated rings. The smallest absolute Gasteiger partial charge is 0.320 e. The van der Waals surface area contributed by atoms with Crippen molar-refractivity contribution in [2.75, 3.05) is 6.54 Å². The Balaban J connectivity index is 2.15. The van der Waals surface area contributed by atoms with Gasteiger partial charge in [0.2, 0.25) is 0 Å². The van der Waals surface area contributed by atoms with Gasteiger partial charge < -0.3 is 5.11 Å². The first-order valence-electron chi connectivity index (χ1n) is 5.73. The minimum atomic E-state index is -0.694. The molecule has 0 aliphatic carbocycles. The average Bonchev–Trinajstić information content (AvgIpc) is 2.78. The molecule has 16 heavy (non-hydrogen) atoms. The first kappa shape index (κ1) is 11.1. The highest BCUT2D eigenvalue weighted by molar-refractivity contribution is 5.73. The fourth-order valence-corrected chi connectivity index (χ4v) is 2.44. The number of likely N-dealkylation sites (tertiary alicyclic amines) is 1. The molecule has 0 saturated carbocycles. The second-order valence-electron chi connectivity index (χ2n) is 4.32. The lowest BCUT2D eigenvalue weighted by Gasteiger charge is -2.28. The lowest BCUT2D eigenvalue weighted by Crippen LogP contribution is -2.37. The van der Waals surface area contributed by atoms with Crippen LogP contribution in [-0.2, 0) is 4.79 Å². The SMILES string of the molecule is C[C@H](c1ccccc1)N1CCC[C@H]1C(=O)O. The van der Waals surface area contributed by atoms with Crippen molar-refractivity contribution in [3.8, 4) is 0 Å². The summed E-state index contributed by atoms with van der Waals surface area (Å²) in [5.41, 5.74) is 1.19. The summed E-state index contributed by atoms with van der Waals surface area (Å²) in [4.78, 5) is 13.2. The van der Waals surface area contributed by atoms with Gasteiger partial charge in [-0.3, -0.25) is 9.69 Å². The van der Waals surface area contributed by atoms with E-state index in [1.807, 2.05) is 18.2 Å². The molecular weight excluding hydrogens is 202 g/mol. The third-order valence-corrected chi connectivity index (χ3v) is 3.36. The molecule has 2 atom stereocenters. The van der Waals surface area contributed by atoms with Gasteiger partial charge in [0.25, 0.3) is 0 Å². The van der Waals surface area contributed by atoms with E-state index < -0.39 is 5.97 Å². The van der Waals surface area contributed by atoms with Gasteiger partial charge in [-0.05, 0) is 31.9 Å². The van der Waals surface area contributed by atoms with Gasteiger partial charge in [-0.1, -0.05) is 30.3 Å². The van der Waals surface area contributed by atoms with Gasteiger partial charge >= 0.3 is 5.97 Å². The minimum absolute atomic E-state index is 0.185. The van der Waals surface area contributed by atoms with Crippen LogP contribution in [0.25, 0.3) is 0 Å². The minimum Gasteiger partial charge on any atom is -0.480 e. The molecule has 0 spiro atoms. The van der Waals surface area contributed by atoms with Crippen LogP contribution < -0.4 is 0 Å². The van der Waals surface area contributed by atoms with Gasteiger partial charge in [-0.25, -0.2) is 0 Å². The van der Waals surface area contributed by atoms with Crippen LogP contribution in [0.3, 0.4) is 0 Å². The summed E-state index contributed by atoms with van der Waals surface area (Å²) in [6, 6.07) is 9.97. The Morgan fingerprint density at radius 2 is 2.12 bits per heavy atom. The summed E-state index contributed by atoms with van der Waals surface area (Å²) >= 11 is 0. The van der Waals surface area contributed by atoms with E-state index in [4.69, 9.17) is 5.11 Å². The van der Waals surface area contributed by atoms with Crippen molar-refractivity contribution in [3.63, 3.8) is 0 Å². The van der Waals surface area contributed by atoms with E-state index in [9.17, 15) is 4.79 Å². The number of rotatable bonds is 3. The molecule has 0 unspecified atom stereocenters. The summed E-state index contributed by atoms with van der Waals surface area (Å²) in [7, 11) is 0. The summed E-state index contributed by atoms with van der Waals surface area (Å²) in [6.07, 6.45) is 1.75. The predicted octanol–water partition coefficient (Wildman–Crippen LogP) is 2.30. The number of benzene rings is 1. The van der Waals surface area contributed by atoms with Crippen molar-refractivity contribution in [2.45, 2.75) is 31.8 Å². The monoisotopic (exact) mass is 219 g/mol. The van der Waals surface area contributed by atoms with Gasteiger partial charge in [-0.2, -0.15) is 0 Å². The Labute approximate surface area is 95.7 Å². The molecule has 1 aromatic rings. The average molecular weight is 219 g/mol. The normalized spacial score (nSPS) is 23.2. The van der Waals surface area contributed by atoms with Crippen molar-refractivity contribution in [2.24, 2.45) is 0 Å². The predicted molar refractivity (Wildman–Crippen MR) is 62.2 cm³/mol. The highest BCUT2D eigenvalue weighted by atomic mass is 16.4. The summed E-state index contributed by atoms with van der Waals surface area (Å²) < 4.78 is 0. The molecule has 0 aromatic heterocycles. The van der Waals surface area contributed by atoms with Crippen LogP contribution in [0.2, 0.25) is 0 Å². The fraction of sp³-hybridized carbons (Fsp3) is 0.462. The lowest BCUT2D eigenvalue weighted by molar-refractivity contribution is -0.142. The summed E-state index contributed by atoms with van der Waals surface area (Å²) in [6.45, 7) is 2.96. The van der Waals surface area contributed by atoms with E-state index in [2.05, 4.69) is 24.0 Å². The third-order valence-electron chi connectivity index (χ3n) is 3.36. The first-order chi connectivity index (χ1) is 7.70. The third kappa shape index (κ3) is 2.09. The number of hydrogen-bond acceptors (Lipinski definition) is 2. The highest BCUT2D eigenvalue weighted by Crippen LogP contribution is 2.28. The van der Waals surface area contributed by atoms with Crippen LogP contribution in [0.1, 0.15) is 31.4 Å². The molecule has 1 saturated heterocycles. The number of carboxylic acids is 1. The topological polar surface area (TPSA) is 40.5 Å². The van der Waals surface area contributed by atoms with Crippen molar-refractivity contribution in [1.82, 2.24) is 4.90 Å². The van der Waals surface area contributed by atoms with E-state index in [0.29, 0.717) is 0 Å². The quantitative estimate of drug-likeness (QED) is 0.848. The Morgan fingerprint density at radius 3 is 2.75 bits per heavy atom. The van der Waals surface area contributed by atoms with Gasteiger partial charge in [0.1, 0.15) is 6.04 Å². The fourth-order valence-electron chi connectivity index (χ4n) is 2.44. The van der Waals surface area contributed by atoms with E-state index in [0.717, 1.165) is 19.4 Å². The molecule has 1 aliphatic rings. The zero-order valence-electron chi connectivity index (χ0n) is 9.47. The molecule has 86 valence electrons. The number of hydrogen-bond donors (Lipinski definition) is 1. The molecule has 1 heterocycles. The maximum Gasteiger partial charge on any atom is 0.320 e. The summed E-state index contributed by atoms with van der Waals surface area (Å²) in [5.74, 6) is -0.694. The molecule has 1 aliphatic heterocycles. The van der Waals surface area contributed by atoms with Gasteiger partial charge in [0.05, 0.1) is 0 Å². The highest BCUT2D eigenvalue weighted by Gasteiger charge is 2.33. The number of carboxylic acid groups (broad SMARTS) is 1. The van der Waals surface area contributed by atoms with E-state index >= 15 is 0 Å². The van der Waals surface area contributed by atoms with Gasteiger partial charge in [0, 0.05) is 6.04 Å².